The second-order valence-corrected chi connectivity index (χ2v) is 5.87. The molecule has 6 heteroatoms. The molecule has 114 valence electrons. The maximum atomic E-state index is 11.2. The highest BCUT2D eigenvalue weighted by Crippen LogP contribution is 2.35. The molecule has 0 radical (unpaired) electrons. The van der Waals surface area contributed by atoms with E-state index >= 15 is 0 Å². The lowest BCUT2D eigenvalue weighted by atomic mass is 9.92. The molecule has 1 heterocycles. The van der Waals surface area contributed by atoms with E-state index in [0.717, 1.165) is 25.5 Å². The van der Waals surface area contributed by atoms with Gasteiger partial charge in [0.2, 0.25) is 0 Å². The van der Waals surface area contributed by atoms with E-state index in [-0.39, 0.29) is 17.3 Å². The van der Waals surface area contributed by atoms with Crippen LogP contribution in [0.1, 0.15) is 42.6 Å². The van der Waals surface area contributed by atoms with Crippen molar-refractivity contribution in [2.45, 2.75) is 39.7 Å². The first-order valence-corrected chi connectivity index (χ1v) is 7.10. The summed E-state index contributed by atoms with van der Waals surface area (Å²) in [6.07, 6.45) is 2.01. The van der Waals surface area contributed by atoms with Crippen molar-refractivity contribution in [3.05, 3.63) is 33.4 Å². The topological polar surface area (TPSA) is 83.7 Å². The summed E-state index contributed by atoms with van der Waals surface area (Å²) in [4.78, 5) is 24.0. The van der Waals surface area contributed by atoms with Crippen molar-refractivity contribution in [3.63, 3.8) is 0 Å². The predicted molar refractivity (Wildman–Crippen MR) is 80.0 cm³/mol. The molecule has 0 spiro atoms. The van der Waals surface area contributed by atoms with Crippen LogP contribution < -0.4 is 4.90 Å². The van der Waals surface area contributed by atoms with Crippen LogP contribution in [0.3, 0.4) is 0 Å². The number of hydrogen-bond acceptors (Lipinski definition) is 4. The Labute approximate surface area is 123 Å². The maximum Gasteiger partial charge on any atom is 0.336 e. The van der Waals surface area contributed by atoms with Gasteiger partial charge >= 0.3 is 5.97 Å². The van der Waals surface area contributed by atoms with Crippen LogP contribution in [-0.4, -0.2) is 28.6 Å². The van der Waals surface area contributed by atoms with Gasteiger partial charge < -0.3 is 10.0 Å². The standard InChI is InChI=1S/C15H20N2O4/c1-9-4-5-16(10(2)6-9)13-7-12(15(18)19)8-14(11(13)3)17(20)21/h7-10H,4-6H2,1-3H3,(H,18,19). The van der Waals surface area contributed by atoms with Gasteiger partial charge in [0.25, 0.3) is 5.69 Å². The second kappa shape index (κ2) is 5.71. The summed E-state index contributed by atoms with van der Waals surface area (Å²) in [5, 5.41) is 20.3. The molecule has 2 rings (SSSR count). The number of carboxylic acids is 1. The van der Waals surface area contributed by atoms with Crippen LogP contribution in [-0.2, 0) is 0 Å². The van der Waals surface area contributed by atoms with Gasteiger partial charge in [-0.3, -0.25) is 10.1 Å². The van der Waals surface area contributed by atoms with Crippen LogP contribution in [0, 0.1) is 23.0 Å². The van der Waals surface area contributed by atoms with E-state index in [1.165, 1.54) is 0 Å². The average molecular weight is 292 g/mol. The van der Waals surface area contributed by atoms with Gasteiger partial charge in [0.1, 0.15) is 0 Å². The number of nitro groups is 1. The molecule has 1 fully saturated rings. The molecule has 2 atom stereocenters. The molecule has 0 aromatic heterocycles. The number of aromatic carboxylic acids is 1. The number of carboxylic acid groups (broad SMARTS) is 1. The second-order valence-electron chi connectivity index (χ2n) is 5.87. The molecule has 0 saturated carbocycles. The molecule has 21 heavy (non-hydrogen) atoms. The summed E-state index contributed by atoms with van der Waals surface area (Å²) in [6, 6.07) is 2.94. The van der Waals surface area contributed by atoms with Crippen molar-refractivity contribution in [2.24, 2.45) is 5.92 Å². The molecule has 6 nitrogen and oxygen atoms in total. The minimum atomic E-state index is -1.14. The van der Waals surface area contributed by atoms with E-state index in [0.29, 0.717) is 17.2 Å². The highest BCUT2D eigenvalue weighted by molar-refractivity contribution is 5.90. The first-order chi connectivity index (χ1) is 9.81. The van der Waals surface area contributed by atoms with Crippen LogP contribution >= 0.6 is 0 Å². The van der Waals surface area contributed by atoms with Crippen LogP contribution in [0.2, 0.25) is 0 Å². The fourth-order valence-corrected chi connectivity index (χ4v) is 3.06. The van der Waals surface area contributed by atoms with E-state index in [1.807, 2.05) is 0 Å². The summed E-state index contributed by atoms with van der Waals surface area (Å²) in [6.45, 7) is 6.75. The largest absolute Gasteiger partial charge is 0.478 e. The quantitative estimate of drug-likeness (QED) is 0.683. The fraction of sp³-hybridized carbons (Fsp3) is 0.533. The summed E-state index contributed by atoms with van der Waals surface area (Å²) < 4.78 is 0. The molecule has 1 aliphatic heterocycles. The van der Waals surface area contributed by atoms with Gasteiger partial charge in [-0.05, 0) is 38.7 Å². The maximum absolute atomic E-state index is 11.2. The van der Waals surface area contributed by atoms with Gasteiger partial charge in [-0.1, -0.05) is 6.92 Å². The zero-order valence-electron chi connectivity index (χ0n) is 12.5. The number of piperidine rings is 1. The Hall–Kier alpha value is -2.11. The number of rotatable bonds is 3. The Morgan fingerprint density at radius 2 is 2.10 bits per heavy atom. The van der Waals surface area contributed by atoms with Gasteiger partial charge in [-0.25, -0.2) is 4.79 Å². The lowest BCUT2D eigenvalue weighted by molar-refractivity contribution is -0.385. The first-order valence-electron chi connectivity index (χ1n) is 7.10. The average Bonchev–Trinajstić information content (AvgIpc) is 2.39. The number of carbonyl (C=O) groups is 1. The van der Waals surface area contributed by atoms with Crippen molar-refractivity contribution < 1.29 is 14.8 Å². The summed E-state index contributed by atoms with van der Waals surface area (Å²) >= 11 is 0. The Bertz CT molecular complexity index is 585. The van der Waals surface area contributed by atoms with E-state index in [1.54, 1.807) is 13.0 Å². The lowest BCUT2D eigenvalue weighted by Crippen LogP contribution is -2.40. The number of benzene rings is 1. The van der Waals surface area contributed by atoms with Crippen LogP contribution in [0.4, 0.5) is 11.4 Å². The van der Waals surface area contributed by atoms with E-state index < -0.39 is 10.9 Å². The molecule has 1 aromatic rings. The summed E-state index contributed by atoms with van der Waals surface area (Å²) in [5.74, 6) is -0.522. The van der Waals surface area contributed by atoms with Crippen LogP contribution in [0.5, 0.6) is 0 Å². The van der Waals surface area contributed by atoms with E-state index in [2.05, 4.69) is 18.7 Å². The first kappa shape index (κ1) is 15.3. The predicted octanol–water partition coefficient (Wildman–Crippen LogP) is 3.23. The lowest BCUT2D eigenvalue weighted by Gasteiger charge is -2.39. The molecule has 0 bridgehead atoms. The molecular formula is C15H20N2O4. The van der Waals surface area contributed by atoms with Gasteiger partial charge in [0.05, 0.1) is 16.1 Å². The van der Waals surface area contributed by atoms with E-state index in [4.69, 9.17) is 0 Å². The van der Waals surface area contributed by atoms with Crippen LogP contribution in [0.15, 0.2) is 12.1 Å². The highest BCUT2D eigenvalue weighted by Gasteiger charge is 2.28. The zero-order chi connectivity index (χ0) is 15.7. The highest BCUT2D eigenvalue weighted by atomic mass is 16.6. The van der Waals surface area contributed by atoms with Crippen molar-refractivity contribution in [1.82, 2.24) is 0 Å². The van der Waals surface area contributed by atoms with Gasteiger partial charge in [-0.2, -0.15) is 0 Å². The molecule has 1 saturated heterocycles. The van der Waals surface area contributed by atoms with Crippen LogP contribution in [0.25, 0.3) is 0 Å². The number of nitro benzene ring substituents is 1. The number of nitrogens with zero attached hydrogens (tertiary/aromatic N) is 2. The van der Waals surface area contributed by atoms with Gasteiger partial charge in [0, 0.05) is 24.3 Å². The Morgan fingerprint density at radius 3 is 2.62 bits per heavy atom. The van der Waals surface area contributed by atoms with Gasteiger partial charge in [-0.15, -0.1) is 0 Å². The van der Waals surface area contributed by atoms with Crippen molar-refractivity contribution in [2.75, 3.05) is 11.4 Å². The van der Waals surface area contributed by atoms with Crippen molar-refractivity contribution in [3.8, 4) is 0 Å². The molecular weight excluding hydrogens is 272 g/mol. The Balaban J connectivity index is 2.51. The number of anilines is 1. The van der Waals surface area contributed by atoms with Crippen molar-refractivity contribution in [1.29, 1.82) is 0 Å². The third-order valence-electron chi connectivity index (χ3n) is 4.24. The molecule has 0 aliphatic carbocycles. The normalized spacial score (nSPS) is 22.1. The Kier molecular flexibility index (Phi) is 4.16. The zero-order valence-corrected chi connectivity index (χ0v) is 12.5. The Morgan fingerprint density at radius 1 is 1.43 bits per heavy atom. The number of hydrogen-bond donors (Lipinski definition) is 1. The SMILES string of the molecule is Cc1c(N2CCC(C)CC2C)cc(C(=O)O)cc1[N+](=O)[O-]. The smallest absolute Gasteiger partial charge is 0.336 e. The van der Waals surface area contributed by atoms with Gasteiger partial charge in [0.15, 0.2) is 0 Å². The monoisotopic (exact) mass is 292 g/mol. The molecule has 1 N–H and O–H groups in total. The van der Waals surface area contributed by atoms with E-state index in [9.17, 15) is 20.0 Å². The molecule has 0 amide bonds. The minimum absolute atomic E-state index is 0.0341. The molecule has 2 unspecified atom stereocenters. The minimum Gasteiger partial charge on any atom is -0.478 e. The third kappa shape index (κ3) is 2.99. The third-order valence-corrected chi connectivity index (χ3v) is 4.24. The molecule has 1 aliphatic rings. The summed E-state index contributed by atoms with van der Waals surface area (Å²) in [5.41, 5.74) is 1.04. The molecule has 1 aromatic carbocycles. The van der Waals surface area contributed by atoms with Crippen molar-refractivity contribution >= 4 is 17.3 Å². The fourth-order valence-electron chi connectivity index (χ4n) is 3.06. The summed E-state index contributed by atoms with van der Waals surface area (Å²) in [7, 11) is 0.